The van der Waals surface area contributed by atoms with Crippen molar-refractivity contribution in [3.63, 3.8) is 0 Å². The van der Waals surface area contributed by atoms with E-state index in [4.69, 9.17) is 0 Å². The van der Waals surface area contributed by atoms with Gasteiger partial charge in [0, 0.05) is 37.7 Å². The molecule has 8 nitrogen and oxygen atoms in total. The highest BCUT2D eigenvalue weighted by Gasteiger charge is 2.05. The highest BCUT2D eigenvalue weighted by Crippen LogP contribution is 2.17. The molecule has 1 N–H and O–H groups in total. The second kappa shape index (κ2) is 7.47. The summed E-state index contributed by atoms with van der Waals surface area (Å²) in [4.78, 5) is 16.1. The molecule has 0 saturated heterocycles. The SMILES string of the molecule is CN(C)c1ccc(-n2cccc2/C=N\Nc2ccc([N+](=O)[O-])cn2)cc1. The van der Waals surface area contributed by atoms with E-state index >= 15 is 0 Å². The fourth-order valence-corrected chi connectivity index (χ4v) is 2.37. The van der Waals surface area contributed by atoms with E-state index in [0.717, 1.165) is 17.1 Å². The van der Waals surface area contributed by atoms with Crippen LogP contribution in [-0.2, 0) is 0 Å². The quantitative estimate of drug-likeness (QED) is 0.419. The van der Waals surface area contributed by atoms with Gasteiger partial charge in [-0.3, -0.25) is 15.5 Å². The van der Waals surface area contributed by atoms with Crippen LogP contribution in [0.3, 0.4) is 0 Å². The Morgan fingerprint density at radius 3 is 2.58 bits per heavy atom. The van der Waals surface area contributed by atoms with E-state index in [1.807, 2.05) is 54.0 Å². The minimum absolute atomic E-state index is 0.0606. The lowest BCUT2D eigenvalue weighted by molar-refractivity contribution is -0.385. The molecule has 0 amide bonds. The van der Waals surface area contributed by atoms with E-state index in [1.54, 1.807) is 6.21 Å². The first-order valence-electron chi connectivity index (χ1n) is 7.89. The van der Waals surface area contributed by atoms with Gasteiger partial charge in [-0.05, 0) is 42.5 Å². The fraction of sp³-hybridized carbons (Fsp3) is 0.111. The fourth-order valence-electron chi connectivity index (χ4n) is 2.37. The van der Waals surface area contributed by atoms with E-state index in [-0.39, 0.29) is 5.69 Å². The molecule has 0 spiro atoms. The molecule has 0 radical (unpaired) electrons. The second-order valence-corrected chi connectivity index (χ2v) is 5.74. The van der Waals surface area contributed by atoms with Gasteiger partial charge in [0.15, 0.2) is 0 Å². The number of nitrogens with zero attached hydrogens (tertiary/aromatic N) is 5. The average molecular weight is 350 g/mol. The van der Waals surface area contributed by atoms with Gasteiger partial charge < -0.3 is 9.47 Å². The van der Waals surface area contributed by atoms with Crippen LogP contribution in [0, 0.1) is 10.1 Å². The summed E-state index contributed by atoms with van der Waals surface area (Å²) >= 11 is 0. The number of anilines is 2. The maximum Gasteiger partial charge on any atom is 0.287 e. The summed E-state index contributed by atoms with van der Waals surface area (Å²) in [6, 6.07) is 14.9. The number of nitrogens with one attached hydrogen (secondary N) is 1. The third-order valence-corrected chi connectivity index (χ3v) is 3.76. The van der Waals surface area contributed by atoms with Crippen LogP contribution in [0.5, 0.6) is 0 Å². The van der Waals surface area contributed by atoms with Gasteiger partial charge in [-0.25, -0.2) is 4.98 Å². The molecule has 0 aliphatic heterocycles. The van der Waals surface area contributed by atoms with Crippen LogP contribution >= 0.6 is 0 Å². The van der Waals surface area contributed by atoms with Gasteiger partial charge in [-0.15, -0.1) is 0 Å². The lowest BCUT2D eigenvalue weighted by Crippen LogP contribution is -2.08. The van der Waals surface area contributed by atoms with Crippen molar-refractivity contribution < 1.29 is 4.92 Å². The first kappa shape index (κ1) is 17.2. The Balaban J connectivity index is 1.72. The number of pyridine rings is 1. The zero-order valence-electron chi connectivity index (χ0n) is 14.4. The van der Waals surface area contributed by atoms with Crippen molar-refractivity contribution in [2.24, 2.45) is 5.10 Å². The van der Waals surface area contributed by atoms with Crippen molar-refractivity contribution in [2.75, 3.05) is 24.4 Å². The highest BCUT2D eigenvalue weighted by molar-refractivity contribution is 5.79. The summed E-state index contributed by atoms with van der Waals surface area (Å²) < 4.78 is 2.01. The summed E-state index contributed by atoms with van der Waals surface area (Å²) in [6.07, 6.45) is 4.81. The number of rotatable bonds is 6. The number of aromatic nitrogens is 2. The molecule has 0 aliphatic carbocycles. The maximum atomic E-state index is 10.6. The number of hydrazone groups is 1. The Morgan fingerprint density at radius 2 is 1.96 bits per heavy atom. The van der Waals surface area contributed by atoms with E-state index < -0.39 is 4.92 Å². The highest BCUT2D eigenvalue weighted by atomic mass is 16.6. The smallest absolute Gasteiger partial charge is 0.287 e. The molecule has 0 aliphatic rings. The number of hydrogen-bond acceptors (Lipinski definition) is 6. The molecule has 3 aromatic rings. The van der Waals surface area contributed by atoms with E-state index in [9.17, 15) is 10.1 Å². The van der Waals surface area contributed by atoms with Crippen molar-refractivity contribution in [3.8, 4) is 5.69 Å². The standard InChI is InChI=1S/C18H18N6O2/c1-22(2)14-5-7-15(8-6-14)23-11-3-4-16(23)13-20-21-18-10-9-17(12-19-18)24(25)26/h3-13H,1-2H3,(H,19,21)/b20-13-. The Labute approximate surface area is 150 Å². The summed E-state index contributed by atoms with van der Waals surface area (Å²) in [6.45, 7) is 0. The van der Waals surface area contributed by atoms with Crippen LogP contribution in [0.1, 0.15) is 5.69 Å². The molecule has 3 rings (SSSR count). The van der Waals surface area contributed by atoms with Crippen LogP contribution in [0.15, 0.2) is 66.0 Å². The number of benzene rings is 1. The van der Waals surface area contributed by atoms with Crippen LogP contribution in [0.2, 0.25) is 0 Å². The van der Waals surface area contributed by atoms with Gasteiger partial charge in [0.1, 0.15) is 12.0 Å². The van der Waals surface area contributed by atoms with Gasteiger partial charge in [0.25, 0.3) is 5.69 Å². The summed E-state index contributed by atoms with van der Waals surface area (Å²) in [5, 5.41) is 14.8. The molecule has 0 atom stereocenters. The molecule has 132 valence electrons. The first-order chi connectivity index (χ1) is 12.5. The van der Waals surface area contributed by atoms with Gasteiger partial charge in [0.05, 0.1) is 16.8 Å². The Bertz CT molecular complexity index is 914. The van der Waals surface area contributed by atoms with Crippen molar-refractivity contribution in [2.45, 2.75) is 0 Å². The predicted octanol–water partition coefficient (Wildman–Crippen LogP) is 3.29. The molecule has 0 saturated carbocycles. The Kier molecular flexibility index (Phi) is 4.93. The van der Waals surface area contributed by atoms with Gasteiger partial charge in [0.2, 0.25) is 0 Å². The van der Waals surface area contributed by atoms with Crippen LogP contribution in [-0.4, -0.2) is 34.8 Å². The molecule has 2 aromatic heterocycles. The molecule has 0 unspecified atom stereocenters. The van der Waals surface area contributed by atoms with E-state index in [1.165, 1.54) is 18.3 Å². The lowest BCUT2D eigenvalue weighted by atomic mass is 10.2. The first-order valence-corrected chi connectivity index (χ1v) is 7.89. The van der Waals surface area contributed by atoms with Crippen LogP contribution in [0.25, 0.3) is 5.69 Å². The Morgan fingerprint density at radius 1 is 1.19 bits per heavy atom. The van der Waals surface area contributed by atoms with Gasteiger partial charge >= 0.3 is 0 Å². The molecular weight excluding hydrogens is 332 g/mol. The topological polar surface area (TPSA) is 88.6 Å². The third kappa shape index (κ3) is 3.86. The van der Waals surface area contributed by atoms with Crippen molar-refractivity contribution in [1.29, 1.82) is 0 Å². The third-order valence-electron chi connectivity index (χ3n) is 3.76. The zero-order chi connectivity index (χ0) is 18.5. The van der Waals surface area contributed by atoms with Crippen molar-refractivity contribution in [3.05, 3.63) is 76.7 Å². The van der Waals surface area contributed by atoms with E-state index in [2.05, 4.69) is 27.6 Å². The molecule has 8 heteroatoms. The number of hydrogen-bond donors (Lipinski definition) is 1. The predicted molar refractivity (Wildman–Crippen MR) is 102 cm³/mol. The summed E-state index contributed by atoms with van der Waals surface area (Å²) in [5.41, 5.74) is 5.74. The molecular formula is C18H18N6O2. The Hall–Kier alpha value is -3.68. The van der Waals surface area contributed by atoms with E-state index in [0.29, 0.717) is 5.82 Å². The summed E-state index contributed by atoms with van der Waals surface area (Å²) in [7, 11) is 4.00. The molecule has 0 bridgehead atoms. The number of nitro groups is 1. The zero-order valence-corrected chi connectivity index (χ0v) is 14.4. The van der Waals surface area contributed by atoms with Crippen LogP contribution < -0.4 is 10.3 Å². The van der Waals surface area contributed by atoms with Gasteiger partial charge in [-0.1, -0.05) is 0 Å². The summed E-state index contributed by atoms with van der Waals surface area (Å²) in [5.74, 6) is 0.431. The second-order valence-electron chi connectivity index (χ2n) is 5.74. The molecule has 2 heterocycles. The minimum Gasteiger partial charge on any atom is -0.378 e. The van der Waals surface area contributed by atoms with Gasteiger partial charge in [-0.2, -0.15) is 5.10 Å². The molecule has 1 aromatic carbocycles. The minimum atomic E-state index is -0.492. The van der Waals surface area contributed by atoms with Crippen molar-refractivity contribution >= 4 is 23.4 Å². The molecule has 0 fully saturated rings. The average Bonchev–Trinajstić information content (AvgIpc) is 3.10. The molecule has 26 heavy (non-hydrogen) atoms. The largest absolute Gasteiger partial charge is 0.378 e. The normalized spacial score (nSPS) is 10.8. The maximum absolute atomic E-state index is 10.6. The monoisotopic (exact) mass is 350 g/mol. The van der Waals surface area contributed by atoms with Crippen molar-refractivity contribution in [1.82, 2.24) is 9.55 Å². The lowest BCUT2D eigenvalue weighted by Gasteiger charge is -2.13. The van der Waals surface area contributed by atoms with Crippen LogP contribution in [0.4, 0.5) is 17.2 Å².